The van der Waals surface area contributed by atoms with Gasteiger partial charge in [0.15, 0.2) is 0 Å². The Morgan fingerprint density at radius 3 is 2.03 bits per heavy atom. The van der Waals surface area contributed by atoms with Crippen molar-refractivity contribution in [2.24, 2.45) is 0 Å². The maximum absolute atomic E-state index is 2.41. The van der Waals surface area contributed by atoms with E-state index >= 15 is 0 Å². The highest BCUT2D eigenvalue weighted by molar-refractivity contribution is 6.28. The second-order valence-corrected chi connectivity index (χ2v) is 10.0. The van der Waals surface area contributed by atoms with Crippen LogP contribution in [0.4, 0.5) is 0 Å². The van der Waals surface area contributed by atoms with Crippen molar-refractivity contribution in [3.63, 3.8) is 0 Å². The van der Waals surface area contributed by atoms with Gasteiger partial charge in [0.05, 0.1) is 0 Å². The third-order valence-corrected chi connectivity index (χ3v) is 8.08. The van der Waals surface area contributed by atoms with Crippen LogP contribution in [0, 0.1) is 0 Å². The standard InChI is InChI=1S/C36H24/c1-2-8-27-22-28(13-12-23(27)6-1)30-18-14-25-17-21-34-32(19-15-26-16-20-33(30)35(25)36(26)34)31-11-5-9-24-7-3-4-10-29(24)31/h1,3-7,9-22H,2,8H2. The zero-order valence-corrected chi connectivity index (χ0v) is 20.0. The van der Waals surface area contributed by atoms with Crippen molar-refractivity contribution < 1.29 is 0 Å². The number of fused-ring (bicyclic) bond motifs is 2. The normalized spacial score (nSPS) is 13.2. The van der Waals surface area contributed by atoms with E-state index in [9.17, 15) is 0 Å². The molecule has 0 heteroatoms. The molecule has 36 heavy (non-hydrogen) atoms. The molecular weight excluding hydrogens is 432 g/mol. The molecule has 0 saturated carbocycles. The number of rotatable bonds is 2. The van der Waals surface area contributed by atoms with Gasteiger partial charge in [-0.05, 0) is 89.3 Å². The fraction of sp³-hybridized carbons (Fsp3) is 0.0556. The Labute approximate surface area is 210 Å². The van der Waals surface area contributed by atoms with Gasteiger partial charge in [0.1, 0.15) is 0 Å². The molecule has 7 aromatic carbocycles. The summed E-state index contributed by atoms with van der Waals surface area (Å²) in [6, 6.07) is 40.8. The lowest BCUT2D eigenvalue weighted by Gasteiger charge is -2.18. The summed E-state index contributed by atoms with van der Waals surface area (Å²) in [5.74, 6) is 0. The molecule has 0 heterocycles. The van der Waals surface area contributed by atoms with Gasteiger partial charge in [-0.2, -0.15) is 0 Å². The predicted molar refractivity (Wildman–Crippen MR) is 156 cm³/mol. The number of allylic oxidation sites excluding steroid dienone is 1. The molecule has 0 atom stereocenters. The molecule has 0 amide bonds. The van der Waals surface area contributed by atoms with E-state index in [1.165, 1.54) is 76.5 Å². The Morgan fingerprint density at radius 2 is 1.17 bits per heavy atom. The molecule has 1 aliphatic carbocycles. The topological polar surface area (TPSA) is 0 Å². The quantitative estimate of drug-likeness (QED) is 0.227. The molecule has 0 aromatic heterocycles. The Hall–Kier alpha value is -4.42. The SMILES string of the molecule is C1=Cc2ccc(-c3ccc4ccc5c(-c6cccc7ccccc67)ccc6ccc3c4c65)cc2CC1. The molecular formula is C36H24. The highest BCUT2D eigenvalue weighted by atomic mass is 14.2. The summed E-state index contributed by atoms with van der Waals surface area (Å²) in [7, 11) is 0. The summed E-state index contributed by atoms with van der Waals surface area (Å²) < 4.78 is 0. The van der Waals surface area contributed by atoms with Crippen LogP contribution in [0.15, 0.2) is 115 Å². The van der Waals surface area contributed by atoms with Gasteiger partial charge in [-0.15, -0.1) is 0 Å². The highest BCUT2D eigenvalue weighted by Gasteiger charge is 2.16. The maximum atomic E-state index is 2.41. The van der Waals surface area contributed by atoms with Crippen LogP contribution in [-0.4, -0.2) is 0 Å². The van der Waals surface area contributed by atoms with Crippen molar-refractivity contribution in [1.29, 1.82) is 0 Å². The maximum Gasteiger partial charge on any atom is -0.00203 e. The van der Waals surface area contributed by atoms with Gasteiger partial charge in [-0.3, -0.25) is 0 Å². The van der Waals surface area contributed by atoms with Gasteiger partial charge < -0.3 is 0 Å². The van der Waals surface area contributed by atoms with Gasteiger partial charge in [-0.1, -0.05) is 121 Å². The van der Waals surface area contributed by atoms with E-state index < -0.39 is 0 Å². The monoisotopic (exact) mass is 456 g/mol. The first kappa shape index (κ1) is 19.8. The molecule has 1 aliphatic rings. The minimum Gasteiger partial charge on any atom is -0.0836 e. The van der Waals surface area contributed by atoms with Crippen LogP contribution in [0.25, 0.3) is 71.4 Å². The van der Waals surface area contributed by atoms with Crippen LogP contribution >= 0.6 is 0 Å². The lowest BCUT2D eigenvalue weighted by atomic mass is 9.85. The van der Waals surface area contributed by atoms with Crippen molar-refractivity contribution in [2.45, 2.75) is 12.8 Å². The Kier molecular flexibility index (Phi) is 4.15. The molecule has 0 fully saturated rings. The third-order valence-electron chi connectivity index (χ3n) is 8.08. The van der Waals surface area contributed by atoms with Gasteiger partial charge in [0.2, 0.25) is 0 Å². The fourth-order valence-corrected chi connectivity index (χ4v) is 6.35. The Morgan fingerprint density at radius 1 is 0.472 bits per heavy atom. The van der Waals surface area contributed by atoms with Gasteiger partial charge >= 0.3 is 0 Å². The summed E-state index contributed by atoms with van der Waals surface area (Å²) >= 11 is 0. The average molecular weight is 457 g/mol. The average Bonchev–Trinajstić information content (AvgIpc) is 2.95. The molecule has 0 saturated heterocycles. The van der Waals surface area contributed by atoms with Crippen molar-refractivity contribution in [1.82, 2.24) is 0 Å². The Balaban J connectivity index is 1.43. The summed E-state index contributed by atoms with van der Waals surface area (Å²) in [6.07, 6.45) is 6.80. The van der Waals surface area contributed by atoms with Crippen molar-refractivity contribution in [3.05, 3.63) is 126 Å². The molecule has 8 rings (SSSR count). The van der Waals surface area contributed by atoms with Gasteiger partial charge in [0, 0.05) is 0 Å². The van der Waals surface area contributed by atoms with Crippen LogP contribution in [0.3, 0.4) is 0 Å². The van der Waals surface area contributed by atoms with E-state index in [1.807, 2.05) is 0 Å². The van der Waals surface area contributed by atoms with Crippen LogP contribution in [0.2, 0.25) is 0 Å². The molecule has 0 bridgehead atoms. The largest absolute Gasteiger partial charge is 0.0836 e. The number of aryl methyl sites for hydroxylation is 1. The zero-order chi connectivity index (χ0) is 23.6. The molecule has 0 N–H and O–H groups in total. The molecule has 0 unspecified atom stereocenters. The number of hydrogen-bond acceptors (Lipinski definition) is 0. The number of benzene rings is 7. The first-order chi connectivity index (χ1) is 17.8. The van der Waals surface area contributed by atoms with Crippen molar-refractivity contribution in [3.8, 4) is 22.3 Å². The van der Waals surface area contributed by atoms with Crippen molar-refractivity contribution >= 4 is 49.2 Å². The van der Waals surface area contributed by atoms with E-state index in [0.29, 0.717) is 0 Å². The van der Waals surface area contributed by atoms with Crippen LogP contribution in [0.1, 0.15) is 17.5 Å². The molecule has 0 radical (unpaired) electrons. The van der Waals surface area contributed by atoms with E-state index in [-0.39, 0.29) is 0 Å². The van der Waals surface area contributed by atoms with Gasteiger partial charge in [0.25, 0.3) is 0 Å². The lowest BCUT2D eigenvalue weighted by molar-refractivity contribution is 0.986. The van der Waals surface area contributed by atoms with E-state index in [2.05, 4.69) is 121 Å². The van der Waals surface area contributed by atoms with E-state index in [0.717, 1.165) is 12.8 Å². The molecule has 0 nitrogen and oxygen atoms in total. The highest BCUT2D eigenvalue weighted by Crippen LogP contribution is 2.43. The molecule has 168 valence electrons. The van der Waals surface area contributed by atoms with Crippen LogP contribution in [-0.2, 0) is 6.42 Å². The molecule has 0 spiro atoms. The summed E-state index contributed by atoms with van der Waals surface area (Å²) in [5, 5.41) is 10.6. The first-order valence-electron chi connectivity index (χ1n) is 12.8. The smallest absolute Gasteiger partial charge is 0.00203 e. The summed E-state index contributed by atoms with van der Waals surface area (Å²) in [5.41, 5.74) is 8.07. The molecule has 0 aliphatic heterocycles. The summed E-state index contributed by atoms with van der Waals surface area (Å²) in [4.78, 5) is 0. The minimum atomic E-state index is 1.12. The Bertz CT molecular complexity index is 1980. The van der Waals surface area contributed by atoms with Crippen LogP contribution in [0.5, 0.6) is 0 Å². The third kappa shape index (κ3) is 2.82. The minimum absolute atomic E-state index is 1.12. The zero-order valence-electron chi connectivity index (χ0n) is 20.0. The first-order valence-corrected chi connectivity index (χ1v) is 12.8. The number of hydrogen-bond donors (Lipinski definition) is 0. The molecule has 7 aromatic rings. The lowest BCUT2D eigenvalue weighted by Crippen LogP contribution is -1.95. The fourth-order valence-electron chi connectivity index (χ4n) is 6.35. The summed E-state index contributed by atoms with van der Waals surface area (Å²) in [6.45, 7) is 0. The van der Waals surface area contributed by atoms with Gasteiger partial charge in [-0.25, -0.2) is 0 Å². The predicted octanol–water partition coefficient (Wildman–Crippen LogP) is 10.0. The van der Waals surface area contributed by atoms with Crippen molar-refractivity contribution in [2.75, 3.05) is 0 Å². The van der Waals surface area contributed by atoms with E-state index in [1.54, 1.807) is 0 Å². The van der Waals surface area contributed by atoms with Crippen LogP contribution < -0.4 is 0 Å². The second-order valence-electron chi connectivity index (χ2n) is 10.0. The van der Waals surface area contributed by atoms with E-state index in [4.69, 9.17) is 0 Å². The second kappa shape index (κ2) is 7.54.